The van der Waals surface area contributed by atoms with Crippen LogP contribution in [0.25, 0.3) is 0 Å². The van der Waals surface area contributed by atoms with E-state index in [9.17, 15) is 9.59 Å². The van der Waals surface area contributed by atoms with E-state index in [4.69, 9.17) is 9.47 Å². The van der Waals surface area contributed by atoms with E-state index in [1.165, 1.54) is 24.8 Å². The maximum atomic E-state index is 12.8. The van der Waals surface area contributed by atoms with Crippen LogP contribution in [0.2, 0.25) is 0 Å². The minimum Gasteiger partial charge on any atom is -0.352 e. The number of nitrogens with zero attached hydrogens (tertiary/aromatic N) is 2. The highest BCUT2D eigenvalue weighted by Crippen LogP contribution is 2.65. The van der Waals surface area contributed by atoms with Crippen LogP contribution in [0.3, 0.4) is 0 Å². The maximum absolute atomic E-state index is 12.8. The van der Waals surface area contributed by atoms with Gasteiger partial charge in [0.15, 0.2) is 12.5 Å². The fourth-order valence-corrected chi connectivity index (χ4v) is 8.70. The number of benzene rings is 2. The molecule has 4 saturated heterocycles. The predicted octanol–water partition coefficient (Wildman–Crippen LogP) is 5.24. The van der Waals surface area contributed by atoms with Crippen LogP contribution in [0.1, 0.15) is 62.1 Å². The second-order valence-corrected chi connectivity index (χ2v) is 12.9. The molecule has 202 valence electrons. The second-order valence-electron chi connectivity index (χ2n) is 12.9. The lowest BCUT2D eigenvalue weighted by Gasteiger charge is -2.25. The highest BCUT2D eigenvalue weighted by Gasteiger charge is 2.64. The van der Waals surface area contributed by atoms with Crippen molar-refractivity contribution in [3.05, 3.63) is 83.9 Å². The summed E-state index contributed by atoms with van der Waals surface area (Å²) in [5.41, 5.74) is 3.98. The topological polar surface area (TPSA) is 59.1 Å². The molecule has 6 heteroatoms. The predicted molar refractivity (Wildman–Crippen MR) is 145 cm³/mol. The molecule has 0 bridgehead atoms. The van der Waals surface area contributed by atoms with Crippen LogP contribution in [0, 0.1) is 29.1 Å². The third kappa shape index (κ3) is 3.67. The van der Waals surface area contributed by atoms with Crippen molar-refractivity contribution in [3.63, 3.8) is 0 Å². The van der Waals surface area contributed by atoms with Crippen molar-refractivity contribution in [2.75, 3.05) is 13.2 Å². The fourth-order valence-electron chi connectivity index (χ4n) is 8.70. The minimum absolute atomic E-state index is 0.144. The molecule has 2 aromatic carbocycles. The minimum atomic E-state index is -0.183. The van der Waals surface area contributed by atoms with Crippen molar-refractivity contribution in [1.82, 2.24) is 9.80 Å². The van der Waals surface area contributed by atoms with Gasteiger partial charge in [0.1, 0.15) is 0 Å². The number of allylic oxidation sites excluding steroid dienone is 1. The van der Waals surface area contributed by atoms with E-state index >= 15 is 0 Å². The molecule has 0 N–H and O–H groups in total. The Balaban J connectivity index is 0.000000121. The molecule has 3 aliphatic carbocycles. The number of rotatable bonds is 2. The Morgan fingerprint density at radius 1 is 0.692 bits per heavy atom. The lowest BCUT2D eigenvalue weighted by molar-refractivity contribution is -0.138. The number of hydrogen-bond donors (Lipinski definition) is 0. The summed E-state index contributed by atoms with van der Waals surface area (Å²) in [5, 5.41) is 0. The number of ether oxygens (including phenoxy) is 2. The molecule has 39 heavy (non-hydrogen) atoms. The van der Waals surface area contributed by atoms with Gasteiger partial charge in [0.25, 0.3) is 0 Å². The van der Waals surface area contributed by atoms with Gasteiger partial charge < -0.3 is 19.3 Å². The van der Waals surface area contributed by atoms with Gasteiger partial charge in [-0.3, -0.25) is 9.59 Å². The van der Waals surface area contributed by atoms with Crippen molar-refractivity contribution in [2.45, 2.75) is 63.1 Å². The van der Waals surface area contributed by atoms with Crippen molar-refractivity contribution in [1.29, 1.82) is 0 Å². The summed E-state index contributed by atoms with van der Waals surface area (Å²) >= 11 is 0. The Bertz CT molecular complexity index is 1310. The summed E-state index contributed by atoms with van der Waals surface area (Å²) in [5.74, 6) is 2.05. The van der Waals surface area contributed by atoms with E-state index in [1.807, 2.05) is 53.4 Å². The number of amides is 2. The van der Waals surface area contributed by atoms with Gasteiger partial charge in [-0.15, -0.1) is 0 Å². The van der Waals surface area contributed by atoms with Gasteiger partial charge in [-0.2, -0.15) is 0 Å². The second kappa shape index (κ2) is 8.77. The molecule has 7 aliphatic rings. The zero-order valence-electron chi connectivity index (χ0n) is 22.3. The molecule has 3 saturated carbocycles. The molecule has 4 heterocycles. The molecule has 6 unspecified atom stereocenters. The van der Waals surface area contributed by atoms with Gasteiger partial charge >= 0.3 is 0 Å². The van der Waals surface area contributed by atoms with E-state index in [1.54, 1.807) is 0 Å². The van der Waals surface area contributed by atoms with Gasteiger partial charge in [-0.05, 0) is 55.8 Å². The first-order chi connectivity index (χ1) is 19.0. The summed E-state index contributed by atoms with van der Waals surface area (Å²) in [6, 6.07) is 20.8. The first-order valence-corrected chi connectivity index (χ1v) is 14.7. The van der Waals surface area contributed by atoms with Crippen LogP contribution in [0.4, 0.5) is 0 Å². The monoisotopic (exact) mass is 524 g/mol. The standard InChI is InChI=1S/C17H19NO2.C16H17NO2/c19-15-13-9-17(6-7-17)8-12(13)14-10-20-16(18(14)15)11-4-2-1-3-5-11;1-10-7-12-13(8-10)15(18)17-14(12)9-19-16(17)11-5-3-2-4-6-11/h1-5,12-14,16H,6-10H2;2-6,12-14,16H,1,7-9H2/t2*12-,13?,14?,16?/m00/s1. The van der Waals surface area contributed by atoms with Gasteiger partial charge in [-0.25, -0.2) is 0 Å². The number of hydrogen-bond acceptors (Lipinski definition) is 4. The summed E-state index contributed by atoms with van der Waals surface area (Å²) in [7, 11) is 0. The molecule has 0 radical (unpaired) electrons. The zero-order valence-corrected chi connectivity index (χ0v) is 22.3. The van der Waals surface area contributed by atoms with Crippen molar-refractivity contribution in [3.8, 4) is 0 Å². The van der Waals surface area contributed by atoms with Gasteiger partial charge in [0.05, 0.1) is 25.3 Å². The first-order valence-electron chi connectivity index (χ1n) is 14.7. The van der Waals surface area contributed by atoms with Crippen LogP contribution in [0.5, 0.6) is 0 Å². The lowest BCUT2D eigenvalue weighted by atomic mass is 9.94. The zero-order chi connectivity index (χ0) is 26.3. The number of carbonyl (C=O) groups excluding carboxylic acids is 2. The molecular weight excluding hydrogens is 488 g/mol. The van der Waals surface area contributed by atoms with Gasteiger partial charge in [-0.1, -0.05) is 72.8 Å². The molecule has 9 rings (SSSR count). The molecule has 6 nitrogen and oxygen atoms in total. The van der Waals surface area contributed by atoms with Crippen LogP contribution < -0.4 is 0 Å². The molecule has 1 spiro atoms. The van der Waals surface area contributed by atoms with Crippen LogP contribution in [-0.4, -0.2) is 46.9 Å². The molecule has 2 amide bonds. The third-order valence-electron chi connectivity index (χ3n) is 10.7. The average Bonchev–Trinajstić information content (AvgIpc) is 3.49. The van der Waals surface area contributed by atoms with Gasteiger partial charge in [0.2, 0.25) is 11.8 Å². The molecule has 7 fully saturated rings. The normalized spacial score (nSPS) is 38.5. The highest BCUT2D eigenvalue weighted by molar-refractivity contribution is 5.84. The molecule has 4 aliphatic heterocycles. The quantitative estimate of drug-likeness (QED) is 0.504. The third-order valence-corrected chi connectivity index (χ3v) is 10.7. The van der Waals surface area contributed by atoms with Crippen LogP contribution in [0.15, 0.2) is 72.8 Å². The van der Waals surface area contributed by atoms with E-state index < -0.39 is 0 Å². The van der Waals surface area contributed by atoms with E-state index in [0.717, 1.165) is 37.0 Å². The van der Waals surface area contributed by atoms with Crippen LogP contribution >= 0.6 is 0 Å². The first kappa shape index (κ1) is 23.9. The summed E-state index contributed by atoms with van der Waals surface area (Å²) in [6.07, 6.45) is 6.64. The fraction of sp³-hybridized carbons (Fsp3) is 0.515. The Labute approximate surface area is 229 Å². The van der Waals surface area contributed by atoms with Crippen molar-refractivity contribution < 1.29 is 19.1 Å². The smallest absolute Gasteiger partial charge is 0.229 e. The largest absolute Gasteiger partial charge is 0.352 e. The molecule has 0 aromatic heterocycles. The number of carbonyl (C=O) groups is 2. The van der Waals surface area contributed by atoms with Crippen molar-refractivity contribution in [2.24, 2.45) is 29.1 Å². The highest BCUT2D eigenvalue weighted by atomic mass is 16.5. The summed E-state index contributed by atoms with van der Waals surface area (Å²) < 4.78 is 11.9. The van der Waals surface area contributed by atoms with E-state index in [2.05, 4.69) is 23.6 Å². The Morgan fingerprint density at radius 3 is 1.79 bits per heavy atom. The Kier molecular flexibility index (Phi) is 5.37. The Hall–Kier alpha value is -2.96. The summed E-state index contributed by atoms with van der Waals surface area (Å²) in [6.45, 7) is 5.44. The lowest BCUT2D eigenvalue weighted by Crippen LogP contribution is -2.34. The van der Waals surface area contributed by atoms with Gasteiger partial charge in [0, 0.05) is 23.0 Å². The van der Waals surface area contributed by atoms with Crippen molar-refractivity contribution >= 4 is 11.8 Å². The van der Waals surface area contributed by atoms with E-state index in [-0.39, 0.29) is 36.2 Å². The Morgan fingerprint density at radius 2 is 1.23 bits per heavy atom. The maximum Gasteiger partial charge on any atom is 0.229 e. The molecule has 8 atom stereocenters. The number of fused-ring (bicyclic) bond motifs is 6. The van der Waals surface area contributed by atoms with E-state index in [0.29, 0.717) is 35.8 Å². The van der Waals surface area contributed by atoms with Crippen LogP contribution in [-0.2, 0) is 19.1 Å². The molecule has 2 aromatic rings. The molecular formula is C33H36N2O4. The summed E-state index contributed by atoms with van der Waals surface area (Å²) in [4.78, 5) is 29.5. The SMILES string of the molecule is C=C1CC2C(=O)N3C(c4ccccc4)OCC3[C@H]2C1.O=C1C2CC3(CC3)C[C@@H]2C2COC(c3ccccc3)N12. The average molecular weight is 525 g/mol.